The number of hydrogen-bond donors (Lipinski definition) is 0. The third-order valence-corrected chi connectivity index (χ3v) is 3.25. The maximum Gasteiger partial charge on any atom is 0.387 e. The Morgan fingerprint density at radius 2 is 2.30 bits per heavy atom. The summed E-state index contributed by atoms with van der Waals surface area (Å²) in [4.78, 5) is 14.0. The van der Waals surface area contributed by atoms with Gasteiger partial charge in [0, 0.05) is 11.6 Å². The maximum atomic E-state index is 12.5. The van der Waals surface area contributed by atoms with Crippen molar-refractivity contribution < 1.29 is 23.0 Å². The molecule has 0 spiro atoms. The van der Waals surface area contributed by atoms with Gasteiger partial charge in [-0.2, -0.15) is 8.78 Å². The highest BCUT2D eigenvalue weighted by molar-refractivity contribution is 6.31. The van der Waals surface area contributed by atoms with Gasteiger partial charge in [0.05, 0.1) is 24.8 Å². The molecule has 1 aromatic rings. The fourth-order valence-electron chi connectivity index (χ4n) is 2.05. The molecule has 7 heteroatoms. The van der Waals surface area contributed by atoms with Gasteiger partial charge in [-0.05, 0) is 25.1 Å². The summed E-state index contributed by atoms with van der Waals surface area (Å²) < 4.78 is 34.4. The lowest BCUT2D eigenvalue weighted by Gasteiger charge is -2.33. The van der Waals surface area contributed by atoms with Crippen LogP contribution in [0.1, 0.15) is 17.3 Å². The number of hydrogen-bond acceptors (Lipinski definition) is 3. The molecule has 1 saturated heterocycles. The predicted octanol–water partition coefficient (Wildman–Crippen LogP) is 2.80. The van der Waals surface area contributed by atoms with Crippen LogP contribution in [0.25, 0.3) is 0 Å². The van der Waals surface area contributed by atoms with E-state index in [0.717, 1.165) is 0 Å². The van der Waals surface area contributed by atoms with E-state index in [1.165, 1.54) is 18.2 Å². The molecule has 0 N–H and O–H groups in total. The van der Waals surface area contributed by atoms with E-state index in [0.29, 0.717) is 19.8 Å². The maximum absolute atomic E-state index is 12.5. The van der Waals surface area contributed by atoms with Crippen LogP contribution in [-0.4, -0.2) is 43.2 Å². The molecule has 1 atom stereocenters. The Hall–Kier alpha value is -1.40. The number of alkyl halides is 2. The molecule has 110 valence electrons. The van der Waals surface area contributed by atoms with Crippen molar-refractivity contribution in [2.45, 2.75) is 19.6 Å². The number of benzene rings is 1. The van der Waals surface area contributed by atoms with Crippen LogP contribution < -0.4 is 4.74 Å². The van der Waals surface area contributed by atoms with E-state index in [2.05, 4.69) is 4.74 Å². The van der Waals surface area contributed by atoms with Gasteiger partial charge in [0.15, 0.2) is 0 Å². The SMILES string of the molecule is CC1COCCN1C(=O)c1cc(Cl)ccc1OC(F)F. The number of ether oxygens (including phenoxy) is 2. The fourth-order valence-corrected chi connectivity index (χ4v) is 2.22. The number of rotatable bonds is 3. The highest BCUT2D eigenvalue weighted by Gasteiger charge is 2.27. The van der Waals surface area contributed by atoms with Crippen LogP contribution in [0.5, 0.6) is 5.75 Å². The van der Waals surface area contributed by atoms with Crippen molar-refractivity contribution in [1.29, 1.82) is 0 Å². The number of carbonyl (C=O) groups is 1. The van der Waals surface area contributed by atoms with E-state index in [1.54, 1.807) is 4.90 Å². The van der Waals surface area contributed by atoms with Crippen molar-refractivity contribution in [3.8, 4) is 5.75 Å². The largest absolute Gasteiger partial charge is 0.434 e. The van der Waals surface area contributed by atoms with Gasteiger partial charge in [-0.25, -0.2) is 0 Å². The smallest absolute Gasteiger partial charge is 0.387 e. The van der Waals surface area contributed by atoms with E-state index in [-0.39, 0.29) is 28.3 Å². The van der Waals surface area contributed by atoms with Crippen molar-refractivity contribution in [3.05, 3.63) is 28.8 Å². The van der Waals surface area contributed by atoms with E-state index < -0.39 is 6.61 Å². The predicted molar refractivity (Wildman–Crippen MR) is 69.4 cm³/mol. The molecule has 0 aromatic heterocycles. The van der Waals surface area contributed by atoms with Gasteiger partial charge in [-0.1, -0.05) is 11.6 Å². The van der Waals surface area contributed by atoms with Crippen LogP contribution in [-0.2, 0) is 4.74 Å². The molecule has 1 fully saturated rings. The molecule has 1 aromatic carbocycles. The number of nitrogens with zero attached hydrogens (tertiary/aromatic N) is 1. The van der Waals surface area contributed by atoms with E-state index in [1.807, 2.05) is 6.92 Å². The molecule has 1 unspecified atom stereocenters. The lowest BCUT2D eigenvalue weighted by atomic mass is 10.1. The van der Waals surface area contributed by atoms with Crippen molar-refractivity contribution in [2.24, 2.45) is 0 Å². The summed E-state index contributed by atoms with van der Waals surface area (Å²) in [6, 6.07) is 3.88. The summed E-state index contributed by atoms with van der Waals surface area (Å²) in [6.07, 6.45) is 0. The Morgan fingerprint density at radius 1 is 1.55 bits per heavy atom. The summed E-state index contributed by atoms with van der Waals surface area (Å²) in [5.41, 5.74) is 0.0338. The van der Waals surface area contributed by atoms with Crippen LogP contribution >= 0.6 is 11.6 Å². The Balaban J connectivity index is 2.29. The lowest BCUT2D eigenvalue weighted by Crippen LogP contribution is -2.47. The minimum absolute atomic E-state index is 0.0338. The Kier molecular flexibility index (Phi) is 4.77. The van der Waals surface area contributed by atoms with E-state index >= 15 is 0 Å². The van der Waals surface area contributed by atoms with Gasteiger partial charge in [0.2, 0.25) is 0 Å². The lowest BCUT2D eigenvalue weighted by molar-refractivity contribution is -0.0505. The van der Waals surface area contributed by atoms with Crippen molar-refractivity contribution in [2.75, 3.05) is 19.8 Å². The second-order valence-electron chi connectivity index (χ2n) is 4.44. The zero-order valence-corrected chi connectivity index (χ0v) is 11.6. The monoisotopic (exact) mass is 305 g/mol. The molecule has 0 aliphatic carbocycles. The number of morpholine rings is 1. The van der Waals surface area contributed by atoms with Gasteiger partial charge >= 0.3 is 6.61 Å². The molecule has 20 heavy (non-hydrogen) atoms. The van der Waals surface area contributed by atoms with Crippen molar-refractivity contribution >= 4 is 17.5 Å². The van der Waals surface area contributed by atoms with Gasteiger partial charge in [-0.3, -0.25) is 4.79 Å². The summed E-state index contributed by atoms with van der Waals surface area (Å²) in [6.45, 7) is 0.0689. The molecule has 4 nitrogen and oxygen atoms in total. The summed E-state index contributed by atoms with van der Waals surface area (Å²) in [5, 5.41) is 0.288. The highest BCUT2D eigenvalue weighted by Crippen LogP contribution is 2.27. The van der Waals surface area contributed by atoms with Crippen LogP contribution in [0.3, 0.4) is 0 Å². The second kappa shape index (κ2) is 6.37. The van der Waals surface area contributed by atoms with Crippen LogP contribution in [0.4, 0.5) is 8.78 Å². The second-order valence-corrected chi connectivity index (χ2v) is 4.88. The number of carbonyl (C=O) groups excluding carboxylic acids is 1. The minimum Gasteiger partial charge on any atom is -0.434 e. The molecule has 2 rings (SSSR count). The number of amides is 1. The first-order valence-electron chi connectivity index (χ1n) is 6.12. The summed E-state index contributed by atoms with van der Waals surface area (Å²) >= 11 is 5.83. The highest BCUT2D eigenvalue weighted by atomic mass is 35.5. The first-order chi connectivity index (χ1) is 9.49. The summed E-state index contributed by atoms with van der Waals surface area (Å²) in [7, 11) is 0. The standard InChI is InChI=1S/C13H14ClF2NO3/c1-8-7-19-5-4-17(8)12(18)10-6-9(14)2-3-11(10)20-13(15)16/h2-3,6,8,13H,4-5,7H2,1H3. The average Bonchev–Trinajstić information content (AvgIpc) is 2.40. The van der Waals surface area contributed by atoms with Crippen molar-refractivity contribution in [1.82, 2.24) is 4.90 Å². The Bertz CT molecular complexity index is 499. The van der Waals surface area contributed by atoms with Crippen molar-refractivity contribution in [3.63, 3.8) is 0 Å². The molecule has 0 saturated carbocycles. The average molecular weight is 306 g/mol. The first kappa shape index (κ1) is 15.0. The Labute approximate surface area is 120 Å². The third kappa shape index (κ3) is 3.37. The van der Waals surface area contributed by atoms with Gasteiger partial charge < -0.3 is 14.4 Å². The van der Waals surface area contributed by atoms with Crippen LogP contribution in [0, 0.1) is 0 Å². The molecule has 0 bridgehead atoms. The molecule has 1 aliphatic rings. The third-order valence-electron chi connectivity index (χ3n) is 3.02. The molecule has 1 amide bonds. The number of halogens is 3. The molecular weight excluding hydrogens is 292 g/mol. The zero-order valence-electron chi connectivity index (χ0n) is 10.8. The fraction of sp³-hybridized carbons (Fsp3) is 0.462. The molecule has 0 radical (unpaired) electrons. The first-order valence-corrected chi connectivity index (χ1v) is 6.50. The van der Waals surface area contributed by atoms with Gasteiger partial charge in [-0.15, -0.1) is 0 Å². The quantitative estimate of drug-likeness (QED) is 0.862. The van der Waals surface area contributed by atoms with Gasteiger partial charge in [0.25, 0.3) is 5.91 Å². The van der Waals surface area contributed by atoms with E-state index in [4.69, 9.17) is 16.3 Å². The zero-order chi connectivity index (χ0) is 14.7. The van der Waals surface area contributed by atoms with E-state index in [9.17, 15) is 13.6 Å². The Morgan fingerprint density at radius 3 is 2.95 bits per heavy atom. The molecule has 1 heterocycles. The van der Waals surface area contributed by atoms with Crippen LogP contribution in [0.2, 0.25) is 5.02 Å². The molecule has 1 aliphatic heterocycles. The normalized spacial score (nSPS) is 19.2. The van der Waals surface area contributed by atoms with Gasteiger partial charge in [0.1, 0.15) is 5.75 Å². The topological polar surface area (TPSA) is 38.8 Å². The minimum atomic E-state index is -3.00. The molecular formula is C13H14ClF2NO3. The van der Waals surface area contributed by atoms with Crippen LogP contribution in [0.15, 0.2) is 18.2 Å². The summed E-state index contributed by atoms with van der Waals surface area (Å²) in [5.74, 6) is -0.563.